The maximum absolute atomic E-state index is 12.0. The Morgan fingerprint density at radius 3 is 2.21 bits per heavy atom. The van der Waals surface area contributed by atoms with E-state index in [9.17, 15) is 8.42 Å². The van der Waals surface area contributed by atoms with Crippen LogP contribution in [0.5, 0.6) is 0 Å². The summed E-state index contributed by atoms with van der Waals surface area (Å²) in [5.41, 5.74) is -0.414. The van der Waals surface area contributed by atoms with Crippen molar-refractivity contribution in [2.75, 3.05) is 6.54 Å². The Bertz CT molecular complexity index is 335. The Balaban J connectivity index is 2.27. The maximum Gasteiger partial charge on any atom is 0.217 e. The summed E-state index contributed by atoms with van der Waals surface area (Å²) in [4.78, 5) is 0. The van der Waals surface area contributed by atoms with Crippen LogP contribution in [0.15, 0.2) is 0 Å². The van der Waals surface area contributed by atoms with Crippen molar-refractivity contribution < 1.29 is 8.42 Å². The van der Waals surface area contributed by atoms with E-state index < -0.39 is 15.6 Å². The van der Waals surface area contributed by atoms with Gasteiger partial charge in [-0.25, -0.2) is 8.42 Å². The molecule has 0 N–H and O–H groups in total. The van der Waals surface area contributed by atoms with Crippen LogP contribution in [0.2, 0.25) is 0 Å². The van der Waals surface area contributed by atoms with Crippen molar-refractivity contribution in [2.24, 2.45) is 0 Å². The molecule has 2 rings (SSSR count). The number of alkyl halides is 1. The zero-order valence-electron chi connectivity index (χ0n) is 8.53. The number of hydrogen-bond donors (Lipinski definition) is 0. The van der Waals surface area contributed by atoms with Crippen LogP contribution in [0.3, 0.4) is 0 Å². The van der Waals surface area contributed by atoms with E-state index in [0.717, 1.165) is 19.3 Å². The first-order chi connectivity index (χ1) is 6.37. The van der Waals surface area contributed by atoms with Crippen molar-refractivity contribution in [1.82, 2.24) is 4.31 Å². The minimum atomic E-state index is -3.06. The number of halogens is 1. The fraction of sp³-hybridized carbons (Fsp3) is 1.00. The maximum atomic E-state index is 12.0. The SMILES string of the molecule is CC1(C)C(Cl)CCN1S(=O)(=O)C1CC1. The van der Waals surface area contributed by atoms with E-state index in [1.165, 1.54) is 0 Å². The summed E-state index contributed by atoms with van der Waals surface area (Å²) < 4.78 is 25.7. The van der Waals surface area contributed by atoms with Crippen molar-refractivity contribution >= 4 is 21.6 Å². The third kappa shape index (κ3) is 1.48. The number of rotatable bonds is 2. The van der Waals surface area contributed by atoms with E-state index >= 15 is 0 Å². The van der Waals surface area contributed by atoms with Gasteiger partial charge >= 0.3 is 0 Å². The predicted molar refractivity (Wildman–Crippen MR) is 57.0 cm³/mol. The number of nitrogens with zero attached hydrogens (tertiary/aromatic N) is 1. The minimum Gasteiger partial charge on any atom is -0.212 e. The zero-order valence-corrected chi connectivity index (χ0v) is 10.1. The summed E-state index contributed by atoms with van der Waals surface area (Å²) in [5.74, 6) is 0. The Morgan fingerprint density at radius 2 is 1.86 bits per heavy atom. The Morgan fingerprint density at radius 1 is 1.29 bits per heavy atom. The highest BCUT2D eigenvalue weighted by Crippen LogP contribution is 2.40. The zero-order chi connectivity index (χ0) is 10.6. The van der Waals surface area contributed by atoms with Crippen LogP contribution in [0.25, 0.3) is 0 Å². The number of hydrogen-bond acceptors (Lipinski definition) is 2. The molecule has 1 aliphatic heterocycles. The highest BCUT2D eigenvalue weighted by atomic mass is 35.5. The summed E-state index contributed by atoms with van der Waals surface area (Å²) >= 11 is 6.12. The molecule has 0 bridgehead atoms. The number of sulfonamides is 1. The van der Waals surface area contributed by atoms with Crippen molar-refractivity contribution in [1.29, 1.82) is 0 Å². The molecule has 0 radical (unpaired) electrons. The lowest BCUT2D eigenvalue weighted by Gasteiger charge is -2.32. The van der Waals surface area contributed by atoms with Crippen molar-refractivity contribution in [3.8, 4) is 0 Å². The monoisotopic (exact) mass is 237 g/mol. The van der Waals surface area contributed by atoms with E-state index in [-0.39, 0.29) is 10.6 Å². The van der Waals surface area contributed by atoms with Crippen LogP contribution in [0, 0.1) is 0 Å². The standard InChI is InChI=1S/C9H16ClNO2S/c1-9(2)8(10)5-6-11(9)14(12,13)7-3-4-7/h7-8H,3-6H2,1-2H3. The fourth-order valence-electron chi connectivity index (χ4n) is 2.03. The molecule has 1 heterocycles. The fourth-order valence-corrected chi connectivity index (χ4v) is 4.54. The summed E-state index contributed by atoms with van der Waals surface area (Å²) in [5, 5.41) is -0.181. The smallest absolute Gasteiger partial charge is 0.212 e. The van der Waals surface area contributed by atoms with Gasteiger partial charge in [-0.1, -0.05) is 0 Å². The quantitative estimate of drug-likeness (QED) is 0.684. The molecule has 1 atom stereocenters. The summed E-state index contributed by atoms with van der Waals surface area (Å²) in [6.45, 7) is 4.41. The topological polar surface area (TPSA) is 37.4 Å². The molecular weight excluding hydrogens is 222 g/mol. The van der Waals surface area contributed by atoms with Gasteiger partial charge in [0.1, 0.15) is 0 Å². The summed E-state index contributed by atoms with van der Waals surface area (Å²) in [7, 11) is -3.06. The van der Waals surface area contributed by atoms with E-state index in [1.807, 2.05) is 13.8 Å². The van der Waals surface area contributed by atoms with Gasteiger partial charge < -0.3 is 0 Å². The highest BCUT2D eigenvalue weighted by molar-refractivity contribution is 7.90. The molecule has 1 unspecified atom stereocenters. The van der Waals surface area contributed by atoms with Gasteiger partial charge in [0.05, 0.1) is 10.6 Å². The molecule has 2 fully saturated rings. The second-order valence-corrected chi connectivity index (χ2v) is 7.39. The Labute approximate surface area is 90.5 Å². The van der Waals surface area contributed by atoms with Gasteiger partial charge in [-0.3, -0.25) is 0 Å². The van der Waals surface area contributed by atoms with Gasteiger partial charge in [-0.2, -0.15) is 4.31 Å². The van der Waals surface area contributed by atoms with Crippen LogP contribution in [0.4, 0.5) is 0 Å². The lowest BCUT2D eigenvalue weighted by molar-refractivity contribution is 0.294. The molecule has 0 amide bonds. The van der Waals surface area contributed by atoms with E-state index in [4.69, 9.17) is 11.6 Å². The third-order valence-electron chi connectivity index (χ3n) is 3.25. The van der Waals surface area contributed by atoms with Crippen LogP contribution < -0.4 is 0 Å². The summed E-state index contributed by atoms with van der Waals surface area (Å²) in [6.07, 6.45) is 2.41. The molecule has 5 heteroatoms. The third-order valence-corrected chi connectivity index (χ3v) is 6.58. The molecule has 2 aliphatic rings. The molecule has 3 nitrogen and oxygen atoms in total. The average molecular weight is 238 g/mol. The van der Waals surface area contributed by atoms with Crippen LogP contribution in [0.1, 0.15) is 33.1 Å². The summed E-state index contributed by atoms with van der Waals surface area (Å²) in [6, 6.07) is 0. The van der Waals surface area contributed by atoms with Gasteiger partial charge in [0, 0.05) is 12.1 Å². The molecular formula is C9H16ClNO2S. The molecule has 0 aromatic carbocycles. The van der Waals surface area contributed by atoms with Crippen molar-refractivity contribution in [3.63, 3.8) is 0 Å². The van der Waals surface area contributed by atoms with Crippen molar-refractivity contribution in [3.05, 3.63) is 0 Å². The van der Waals surface area contributed by atoms with Gasteiger partial charge in [0.25, 0.3) is 0 Å². The second-order valence-electron chi connectivity index (χ2n) is 4.73. The first-order valence-electron chi connectivity index (χ1n) is 5.02. The van der Waals surface area contributed by atoms with Crippen LogP contribution in [-0.4, -0.2) is 35.4 Å². The van der Waals surface area contributed by atoms with Gasteiger partial charge in [-0.05, 0) is 33.1 Å². The van der Waals surface area contributed by atoms with Crippen LogP contribution >= 0.6 is 11.6 Å². The molecule has 0 aromatic heterocycles. The molecule has 0 aromatic rings. The first kappa shape index (κ1) is 10.7. The van der Waals surface area contributed by atoms with Crippen LogP contribution in [-0.2, 0) is 10.0 Å². The predicted octanol–water partition coefficient (Wildman–Crippen LogP) is 1.57. The van der Waals surface area contributed by atoms with Gasteiger partial charge in [0.2, 0.25) is 10.0 Å². The average Bonchev–Trinajstić information content (AvgIpc) is 2.81. The Hall–Kier alpha value is 0.200. The van der Waals surface area contributed by atoms with E-state index in [1.54, 1.807) is 4.31 Å². The molecule has 1 saturated carbocycles. The molecule has 1 aliphatic carbocycles. The highest BCUT2D eigenvalue weighted by Gasteiger charge is 2.51. The van der Waals surface area contributed by atoms with Gasteiger partial charge in [-0.15, -0.1) is 11.6 Å². The van der Waals surface area contributed by atoms with Crippen molar-refractivity contribution in [2.45, 2.75) is 49.3 Å². The first-order valence-corrected chi connectivity index (χ1v) is 6.96. The Kier molecular flexibility index (Phi) is 2.37. The normalized spacial score (nSPS) is 33.5. The molecule has 14 heavy (non-hydrogen) atoms. The largest absolute Gasteiger partial charge is 0.217 e. The van der Waals surface area contributed by atoms with Gasteiger partial charge in [0.15, 0.2) is 0 Å². The second kappa shape index (κ2) is 3.09. The molecule has 82 valence electrons. The van der Waals surface area contributed by atoms with E-state index in [2.05, 4.69) is 0 Å². The molecule has 0 spiro atoms. The molecule has 1 saturated heterocycles. The minimum absolute atomic E-state index is 0.0592. The van der Waals surface area contributed by atoms with E-state index in [0.29, 0.717) is 6.54 Å². The lowest BCUT2D eigenvalue weighted by atomic mass is 10.0. The lowest BCUT2D eigenvalue weighted by Crippen LogP contribution is -2.47.